The standard InChI is InChI=1S/C18H14N2O2/c1-13-6-5-7-14(12-13)10-11-15-8-3-4-9-16(15)17(20-19)18(21)22-2/h3-9,12H,1-2H3. The Morgan fingerprint density at radius 2 is 1.91 bits per heavy atom. The van der Waals surface area contributed by atoms with Crippen LogP contribution in [-0.4, -0.2) is 23.6 Å². The fourth-order valence-electron chi connectivity index (χ4n) is 1.96. The van der Waals surface area contributed by atoms with Crippen LogP contribution >= 0.6 is 0 Å². The monoisotopic (exact) mass is 290 g/mol. The van der Waals surface area contributed by atoms with Crippen LogP contribution in [0.2, 0.25) is 0 Å². The lowest BCUT2D eigenvalue weighted by Gasteiger charge is -1.99. The number of aryl methyl sites for hydroxylation is 1. The molecule has 0 atom stereocenters. The molecule has 0 unspecified atom stereocenters. The Bertz CT molecular complexity index is 822. The van der Waals surface area contributed by atoms with E-state index in [-0.39, 0.29) is 5.71 Å². The number of methoxy groups -OCH3 is 1. The van der Waals surface area contributed by atoms with Crippen molar-refractivity contribution in [2.75, 3.05) is 7.11 Å². The van der Waals surface area contributed by atoms with Gasteiger partial charge in [0.25, 0.3) is 0 Å². The van der Waals surface area contributed by atoms with Gasteiger partial charge in [-0.05, 0) is 36.8 Å². The van der Waals surface area contributed by atoms with Crippen molar-refractivity contribution in [3.63, 3.8) is 0 Å². The van der Waals surface area contributed by atoms with Gasteiger partial charge in [0.15, 0.2) is 0 Å². The molecule has 0 bridgehead atoms. The molecule has 22 heavy (non-hydrogen) atoms. The van der Waals surface area contributed by atoms with E-state index < -0.39 is 5.97 Å². The number of ether oxygens (including phenoxy) is 1. The van der Waals surface area contributed by atoms with Crippen LogP contribution in [0.4, 0.5) is 0 Å². The minimum Gasteiger partial charge on any atom is -0.460 e. The highest BCUT2D eigenvalue weighted by atomic mass is 16.5. The summed E-state index contributed by atoms with van der Waals surface area (Å²) in [5.74, 6) is 5.32. The second-order valence-corrected chi connectivity index (χ2v) is 4.61. The first-order chi connectivity index (χ1) is 10.7. The molecule has 0 saturated carbocycles. The van der Waals surface area contributed by atoms with E-state index in [2.05, 4.69) is 21.4 Å². The molecule has 0 amide bonds. The molecule has 0 N–H and O–H groups in total. The molecule has 2 rings (SSSR count). The molecule has 0 fully saturated rings. The van der Waals surface area contributed by atoms with Crippen LogP contribution < -0.4 is 0 Å². The summed E-state index contributed by atoms with van der Waals surface area (Å²) < 4.78 is 4.61. The molecule has 2 aromatic carbocycles. The van der Waals surface area contributed by atoms with E-state index in [1.807, 2.05) is 31.2 Å². The number of nitrogens with zero attached hydrogens (tertiary/aromatic N) is 2. The van der Waals surface area contributed by atoms with Gasteiger partial charge in [-0.1, -0.05) is 36.1 Å². The molecular formula is C18H14N2O2. The van der Waals surface area contributed by atoms with Crippen LogP contribution in [0.5, 0.6) is 0 Å². The second-order valence-electron chi connectivity index (χ2n) is 4.61. The fraction of sp³-hybridized carbons (Fsp3) is 0.111. The van der Waals surface area contributed by atoms with Crippen molar-refractivity contribution in [2.24, 2.45) is 0 Å². The van der Waals surface area contributed by atoms with Gasteiger partial charge >= 0.3 is 11.7 Å². The highest BCUT2D eigenvalue weighted by Crippen LogP contribution is 2.10. The minimum absolute atomic E-state index is 0.170. The molecule has 0 aromatic heterocycles. The van der Waals surface area contributed by atoms with E-state index in [9.17, 15) is 4.79 Å². The van der Waals surface area contributed by atoms with Crippen LogP contribution in [0.3, 0.4) is 0 Å². The van der Waals surface area contributed by atoms with E-state index in [0.29, 0.717) is 11.1 Å². The molecule has 0 aliphatic rings. The fourth-order valence-corrected chi connectivity index (χ4v) is 1.96. The maximum absolute atomic E-state index is 11.7. The molecule has 4 nitrogen and oxygen atoms in total. The lowest BCUT2D eigenvalue weighted by atomic mass is 10.0. The SMILES string of the molecule is COC(=O)C(=[N+]=[N-])c1ccccc1C#Cc1cccc(C)c1. The predicted octanol–water partition coefficient (Wildman–Crippen LogP) is 2.59. The number of hydrogen-bond acceptors (Lipinski definition) is 2. The third kappa shape index (κ3) is 3.49. The minimum atomic E-state index is -0.715. The predicted molar refractivity (Wildman–Crippen MR) is 83.3 cm³/mol. The number of carbonyl (C=O) groups excluding carboxylic acids is 1. The van der Waals surface area contributed by atoms with Gasteiger partial charge in [0.1, 0.15) is 0 Å². The summed E-state index contributed by atoms with van der Waals surface area (Å²) in [6.45, 7) is 1.99. The molecule has 0 aliphatic carbocycles. The largest absolute Gasteiger partial charge is 0.460 e. The van der Waals surface area contributed by atoms with Gasteiger partial charge in [0, 0.05) is 11.1 Å². The van der Waals surface area contributed by atoms with E-state index in [4.69, 9.17) is 5.53 Å². The van der Waals surface area contributed by atoms with Crippen LogP contribution in [0.25, 0.3) is 5.53 Å². The topological polar surface area (TPSA) is 62.7 Å². The van der Waals surface area contributed by atoms with Gasteiger partial charge < -0.3 is 10.3 Å². The molecule has 0 spiro atoms. The summed E-state index contributed by atoms with van der Waals surface area (Å²) >= 11 is 0. The first-order valence-corrected chi connectivity index (χ1v) is 6.64. The van der Waals surface area contributed by atoms with Crippen molar-refractivity contribution in [3.8, 4) is 11.8 Å². The lowest BCUT2D eigenvalue weighted by molar-refractivity contribution is -0.137. The number of hydrogen-bond donors (Lipinski definition) is 0. The molecule has 4 heteroatoms. The number of rotatable bonds is 2. The first-order valence-electron chi connectivity index (χ1n) is 6.64. The van der Waals surface area contributed by atoms with Crippen LogP contribution in [0, 0.1) is 18.8 Å². The molecule has 0 heterocycles. The molecule has 0 aliphatic heterocycles. The van der Waals surface area contributed by atoms with Crippen LogP contribution in [0.1, 0.15) is 22.3 Å². The molecule has 0 saturated heterocycles. The number of benzene rings is 2. The molecular weight excluding hydrogens is 276 g/mol. The normalized spacial score (nSPS) is 9.18. The average molecular weight is 290 g/mol. The summed E-state index contributed by atoms with van der Waals surface area (Å²) in [6.07, 6.45) is 0. The molecule has 108 valence electrons. The summed E-state index contributed by atoms with van der Waals surface area (Å²) in [7, 11) is 1.23. The first kappa shape index (κ1) is 15.2. The summed E-state index contributed by atoms with van der Waals surface area (Å²) in [5.41, 5.74) is 11.9. The van der Waals surface area contributed by atoms with E-state index >= 15 is 0 Å². The van der Waals surface area contributed by atoms with Gasteiger partial charge in [-0.25, -0.2) is 4.79 Å². The Labute approximate surface area is 129 Å². The zero-order valence-electron chi connectivity index (χ0n) is 12.3. The van der Waals surface area contributed by atoms with Gasteiger partial charge in [-0.15, -0.1) is 0 Å². The Morgan fingerprint density at radius 1 is 1.14 bits per heavy atom. The Kier molecular flexibility index (Phi) is 4.87. The Hall–Kier alpha value is -3.15. The summed E-state index contributed by atoms with van der Waals surface area (Å²) in [4.78, 5) is 14.7. The van der Waals surface area contributed by atoms with Crippen molar-refractivity contribution in [3.05, 3.63) is 76.3 Å². The third-order valence-electron chi connectivity index (χ3n) is 3.02. The van der Waals surface area contributed by atoms with Crippen LogP contribution in [0.15, 0.2) is 48.5 Å². The number of esters is 1. The van der Waals surface area contributed by atoms with Crippen molar-refractivity contribution in [1.82, 2.24) is 0 Å². The summed E-state index contributed by atoms with van der Waals surface area (Å²) in [5, 5.41) is 0. The maximum Gasteiger partial charge on any atom is 0.422 e. The highest BCUT2D eigenvalue weighted by molar-refractivity contribution is 6.41. The zero-order valence-corrected chi connectivity index (χ0v) is 12.3. The quantitative estimate of drug-likeness (QED) is 0.280. The molecule has 0 radical (unpaired) electrons. The lowest BCUT2D eigenvalue weighted by Crippen LogP contribution is -2.19. The van der Waals surface area contributed by atoms with Gasteiger partial charge in [-0.3, -0.25) is 0 Å². The van der Waals surface area contributed by atoms with E-state index in [0.717, 1.165) is 11.1 Å². The van der Waals surface area contributed by atoms with Crippen molar-refractivity contribution in [1.29, 1.82) is 0 Å². The van der Waals surface area contributed by atoms with Gasteiger partial charge in [-0.2, -0.15) is 4.79 Å². The maximum atomic E-state index is 11.7. The Morgan fingerprint density at radius 3 is 2.59 bits per heavy atom. The Balaban J connectivity index is 2.46. The van der Waals surface area contributed by atoms with Crippen molar-refractivity contribution >= 4 is 11.7 Å². The zero-order chi connectivity index (χ0) is 15.9. The summed E-state index contributed by atoms with van der Waals surface area (Å²) in [6, 6.07) is 14.8. The molecule has 2 aromatic rings. The smallest absolute Gasteiger partial charge is 0.422 e. The highest BCUT2D eigenvalue weighted by Gasteiger charge is 2.25. The van der Waals surface area contributed by atoms with Gasteiger partial charge in [0.05, 0.1) is 12.7 Å². The van der Waals surface area contributed by atoms with E-state index in [1.54, 1.807) is 24.3 Å². The van der Waals surface area contributed by atoms with Crippen molar-refractivity contribution < 1.29 is 14.3 Å². The van der Waals surface area contributed by atoms with Crippen LogP contribution in [-0.2, 0) is 9.53 Å². The number of carbonyl (C=O) groups is 1. The van der Waals surface area contributed by atoms with Gasteiger partial charge in [0.2, 0.25) is 0 Å². The third-order valence-corrected chi connectivity index (χ3v) is 3.02. The van der Waals surface area contributed by atoms with E-state index in [1.165, 1.54) is 7.11 Å². The van der Waals surface area contributed by atoms with Crippen molar-refractivity contribution in [2.45, 2.75) is 6.92 Å². The average Bonchev–Trinajstić information content (AvgIpc) is 2.54. The second kappa shape index (κ2) is 7.03.